The topological polar surface area (TPSA) is 87.7 Å². The van der Waals surface area contributed by atoms with E-state index in [9.17, 15) is 14.4 Å². The summed E-state index contributed by atoms with van der Waals surface area (Å²) in [6, 6.07) is 6.25. The van der Waals surface area contributed by atoms with E-state index in [4.69, 9.17) is 4.74 Å². The summed E-state index contributed by atoms with van der Waals surface area (Å²) in [7, 11) is 1.46. The molecular weight excluding hydrogens is 322 g/mol. The van der Waals surface area contributed by atoms with Crippen molar-refractivity contribution in [3.05, 3.63) is 24.3 Å². The molecule has 2 fully saturated rings. The van der Waals surface area contributed by atoms with E-state index in [1.165, 1.54) is 7.11 Å². The number of hydrogen-bond donors (Lipinski definition) is 2. The molecule has 0 aromatic heterocycles. The van der Waals surface area contributed by atoms with Crippen molar-refractivity contribution in [3.8, 4) is 0 Å². The molecule has 25 heavy (non-hydrogen) atoms. The van der Waals surface area contributed by atoms with Gasteiger partial charge in [0.1, 0.15) is 11.1 Å². The summed E-state index contributed by atoms with van der Waals surface area (Å²) in [6.45, 7) is 5.09. The SMILES string of the molecule is COC(C)(C)C(=O)Nc1cccc(N2C(=O)N[C@](C)(C3CC3)C2=O)c1. The van der Waals surface area contributed by atoms with Crippen LogP contribution in [0.4, 0.5) is 16.2 Å². The third-order valence-corrected chi connectivity index (χ3v) is 5.03. The monoisotopic (exact) mass is 345 g/mol. The zero-order chi connectivity index (χ0) is 18.4. The van der Waals surface area contributed by atoms with Crippen molar-refractivity contribution >= 4 is 29.2 Å². The molecule has 0 unspecified atom stereocenters. The van der Waals surface area contributed by atoms with E-state index in [1.807, 2.05) is 0 Å². The quantitative estimate of drug-likeness (QED) is 0.802. The van der Waals surface area contributed by atoms with E-state index < -0.39 is 17.2 Å². The molecule has 1 aliphatic carbocycles. The lowest BCUT2D eigenvalue weighted by atomic mass is 9.96. The molecule has 0 spiro atoms. The zero-order valence-corrected chi connectivity index (χ0v) is 14.9. The number of carbonyl (C=O) groups excluding carboxylic acids is 3. The number of nitrogens with one attached hydrogen (secondary N) is 2. The summed E-state index contributed by atoms with van der Waals surface area (Å²) in [6.07, 6.45) is 1.89. The highest BCUT2D eigenvalue weighted by Gasteiger charge is 2.56. The predicted octanol–water partition coefficient (Wildman–Crippen LogP) is 2.28. The molecule has 134 valence electrons. The van der Waals surface area contributed by atoms with E-state index in [2.05, 4.69) is 10.6 Å². The molecule has 4 amide bonds. The molecule has 1 aromatic rings. The van der Waals surface area contributed by atoms with Crippen LogP contribution < -0.4 is 15.5 Å². The first-order valence-electron chi connectivity index (χ1n) is 8.32. The van der Waals surface area contributed by atoms with Crippen LogP contribution in [0.25, 0.3) is 0 Å². The maximum absolute atomic E-state index is 12.8. The molecule has 7 nitrogen and oxygen atoms in total. The van der Waals surface area contributed by atoms with Crippen molar-refractivity contribution in [2.75, 3.05) is 17.3 Å². The highest BCUT2D eigenvalue weighted by atomic mass is 16.5. The number of imide groups is 1. The third-order valence-electron chi connectivity index (χ3n) is 5.03. The van der Waals surface area contributed by atoms with Crippen molar-refractivity contribution in [3.63, 3.8) is 0 Å². The van der Waals surface area contributed by atoms with E-state index in [0.29, 0.717) is 11.4 Å². The predicted molar refractivity (Wildman–Crippen MR) is 93.3 cm³/mol. The van der Waals surface area contributed by atoms with E-state index >= 15 is 0 Å². The molecule has 1 saturated carbocycles. The minimum Gasteiger partial charge on any atom is -0.369 e. The fourth-order valence-corrected chi connectivity index (χ4v) is 2.92. The lowest BCUT2D eigenvalue weighted by Gasteiger charge is -2.23. The average Bonchev–Trinajstić information content (AvgIpc) is 3.37. The molecule has 3 rings (SSSR count). The number of amides is 4. The Kier molecular flexibility index (Phi) is 4.07. The zero-order valence-electron chi connectivity index (χ0n) is 14.9. The average molecular weight is 345 g/mol. The molecule has 1 aromatic carbocycles. The van der Waals surface area contributed by atoms with Crippen LogP contribution in [0.3, 0.4) is 0 Å². The van der Waals surface area contributed by atoms with Crippen LogP contribution in [0, 0.1) is 5.92 Å². The first-order valence-corrected chi connectivity index (χ1v) is 8.32. The Hall–Kier alpha value is -2.41. The molecule has 1 heterocycles. The van der Waals surface area contributed by atoms with Gasteiger partial charge in [0, 0.05) is 12.8 Å². The van der Waals surface area contributed by atoms with Gasteiger partial charge in [-0.15, -0.1) is 0 Å². The summed E-state index contributed by atoms with van der Waals surface area (Å²) in [5.74, 6) is -0.368. The van der Waals surface area contributed by atoms with Crippen LogP contribution in [0.2, 0.25) is 0 Å². The first kappa shape index (κ1) is 17.4. The van der Waals surface area contributed by atoms with Crippen molar-refractivity contribution in [2.45, 2.75) is 44.8 Å². The Morgan fingerprint density at radius 2 is 2.04 bits per heavy atom. The molecule has 0 radical (unpaired) electrons. The third kappa shape index (κ3) is 3.00. The van der Waals surface area contributed by atoms with Crippen LogP contribution in [-0.4, -0.2) is 36.1 Å². The smallest absolute Gasteiger partial charge is 0.329 e. The van der Waals surface area contributed by atoms with Crippen molar-refractivity contribution in [1.29, 1.82) is 0 Å². The van der Waals surface area contributed by atoms with Crippen molar-refractivity contribution in [1.82, 2.24) is 5.32 Å². The number of hydrogen-bond acceptors (Lipinski definition) is 4. The number of ether oxygens (including phenoxy) is 1. The van der Waals surface area contributed by atoms with Crippen molar-refractivity contribution < 1.29 is 19.1 Å². The number of methoxy groups -OCH3 is 1. The van der Waals surface area contributed by atoms with Gasteiger partial charge in [0.15, 0.2) is 0 Å². The van der Waals surface area contributed by atoms with Crippen LogP contribution >= 0.6 is 0 Å². The van der Waals surface area contributed by atoms with Gasteiger partial charge in [0.05, 0.1) is 5.69 Å². The Balaban J connectivity index is 1.83. The molecule has 2 aliphatic rings. The van der Waals surface area contributed by atoms with E-state index in [-0.39, 0.29) is 17.7 Å². The highest BCUT2D eigenvalue weighted by Crippen LogP contribution is 2.43. The molecule has 1 atom stereocenters. The summed E-state index contributed by atoms with van der Waals surface area (Å²) in [5, 5.41) is 5.56. The molecular formula is C18H23N3O4. The maximum atomic E-state index is 12.8. The van der Waals surface area contributed by atoms with Gasteiger partial charge >= 0.3 is 6.03 Å². The number of urea groups is 1. The highest BCUT2D eigenvalue weighted by molar-refractivity contribution is 6.23. The van der Waals surface area contributed by atoms with Gasteiger partial charge in [0.25, 0.3) is 11.8 Å². The summed E-state index contributed by atoms with van der Waals surface area (Å²) >= 11 is 0. The van der Waals surface area contributed by atoms with E-state index in [0.717, 1.165) is 17.7 Å². The van der Waals surface area contributed by atoms with Gasteiger partial charge < -0.3 is 15.4 Å². The molecule has 0 bridgehead atoms. The Morgan fingerprint density at radius 3 is 2.64 bits per heavy atom. The van der Waals surface area contributed by atoms with Gasteiger partial charge in [-0.25, -0.2) is 9.69 Å². The van der Waals surface area contributed by atoms with Gasteiger partial charge in [-0.2, -0.15) is 0 Å². The van der Waals surface area contributed by atoms with Crippen LogP contribution in [0.5, 0.6) is 0 Å². The Bertz CT molecular complexity index is 742. The second-order valence-corrected chi connectivity index (χ2v) is 7.27. The van der Waals surface area contributed by atoms with Gasteiger partial charge in [0.2, 0.25) is 0 Å². The molecule has 7 heteroatoms. The summed E-state index contributed by atoms with van der Waals surface area (Å²) in [4.78, 5) is 38.5. The molecule has 2 N–H and O–H groups in total. The first-order chi connectivity index (χ1) is 11.7. The van der Waals surface area contributed by atoms with E-state index in [1.54, 1.807) is 45.0 Å². The van der Waals surface area contributed by atoms with Crippen LogP contribution in [0.15, 0.2) is 24.3 Å². The number of carbonyl (C=O) groups is 3. The van der Waals surface area contributed by atoms with Crippen molar-refractivity contribution in [2.24, 2.45) is 5.92 Å². The number of anilines is 2. The van der Waals surface area contributed by atoms with Gasteiger partial charge in [-0.1, -0.05) is 6.07 Å². The van der Waals surface area contributed by atoms with Crippen LogP contribution in [0.1, 0.15) is 33.6 Å². The second kappa shape index (κ2) is 5.84. The standard InChI is InChI=1S/C18H23N3O4/c1-17(2,25-4)14(22)19-12-6-5-7-13(10-12)21-15(23)18(3,11-8-9-11)20-16(21)24/h5-7,10-11H,8-9H2,1-4H3,(H,19,22)(H,20,24)/t18-/m1/s1. The van der Waals surface area contributed by atoms with Crippen LogP contribution in [-0.2, 0) is 14.3 Å². The Labute approximate surface area is 146 Å². The molecule has 1 saturated heterocycles. The minimum absolute atomic E-state index is 0.194. The second-order valence-electron chi connectivity index (χ2n) is 7.27. The van der Waals surface area contributed by atoms with Gasteiger partial charge in [-0.05, 0) is 57.7 Å². The summed E-state index contributed by atoms with van der Waals surface area (Å²) < 4.78 is 5.16. The normalized spacial score (nSPS) is 23.6. The summed E-state index contributed by atoms with van der Waals surface area (Å²) in [5.41, 5.74) is -0.899. The number of benzene rings is 1. The lowest BCUT2D eigenvalue weighted by Crippen LogP contribution is -2.46. The number of rotatable bonds is 5. The number of nitrogens with zero attached hydrogens (tertiary/aromatic N) is 1. The minimum atomic E-state index is -0.985. The largest absolute Gasteiger partial charge is 0.369 e. The lowest BCUT2D eigenvalue weighted by molar-refractivity contribution is -0.133. The fourth-order valence-electron chi connectivity index (χ4n) is 2.92. The Morgan fingerprint density at radius 1 is 1.36 bits per heavy atom. The fraction of sp³-hybridized carbons (Fsp3) is 0.500. The van der Waals surface area contributed by atoms with Gasteiger partial charge in [-0.3, -0.25) is 9.59 Å². The molecule has 1 aliphatic heterocycles. The maximum Gasteiger partial charge on any atom is 0.329 e.